The van der Waals surface area contributed by atoms with Crippen molar-refractivity contribution in [3.8, 4) is 0 Å². The Balaban J connectivity index is 1.46. The second-order valence-corrected chi connectivity index (χ2v) is 7.08. The molecule has 2 saturated heterocycles. The van der Waals surface area contributed by atoms with E-state index < -0.39 is 0 Å². The number of nitrogens with zero attached hydrogens (tertiary/aromatic N) is 2. The number of amides is 2. The van der Waals surface area contributed by atoms with E-state index in [1.807, 2.05) is 16.7 Å². The van der Waals surface area contributed by atoms with Gasteiger partial charge in [0.2, 0.25) is 5.91 Å². The van der Waals surface area contributed by atoms with Gasteiger partial charge in [-0.25, -0.2) is 0 Å². The van der Waals surface area contributed by atoms with Gasteiger partial charge in [0.25, 0.3) is 5.91 Å². The van der Waals surface area contributed by atoms with Crippen molar-refractivity contribution in [1.82, 2.24) is 14.8 Å². The largest absolute Gasteiger partial charge is 0.367 e. The van der Waals surface area contributed by atoms with E-state index in [0.717, 1.165) is 6.42 Å². The Bertz CT molecular complexity index is 842. The highest BCUT2D eigenvalue weighted by atomic mass is 16.2. The third kappa shape index (κ3) is 2.81. The van der Waals surface area contributed by atoms with Crippen LogP contribution in [-0.4, -0.2) is 58.1 Å². The molecule has 1 aromatic heterocycles. The van der Waals surface area contributed by atoms with E-state index in [2.05, 4.69) is 4.98 Å². The minimum Gasteiger partial charge on any atom is -0.367 e. The zero-order valence-corrected chi connectivity index (χ0v) is 14.6. The highest BCUT2D eigenvalue weighted by Crippen LogP contribution is 2.28. The lowest BCUT2D eigenvalue weighted by Gasteiger charge is -2.37. The molecule has 2 unspecified atom stereocenters. The van der Waals surface area contributed by atoms with E-state index in [1.165, 1.54) is 0 Å². The van der Waals surface area contributed by atoms with Crippen LogP contribution in [0.5, 0.6) is 0 Å². The van der Waals surface area contributed by atoms with Crippen LogP contribution in [0.4, 0.5) is 0 Å². The second kappa shape index (κ2) is 6.44. The average Bonchev–Trinajstić information content (AvgIpc) is 3.29. The van der Waals surface area contributed by atoms with Gasteiger partial charge in [-0.2, -0.15) is 0 Å². The standard InChI is InChI=1S/C20H21N3O3/c1-13-10-17-12-22(8-9-23(17)19(13)25)20(26)15-4-2-14(3-5-15)18(24)16-6-7-21-11-16/h2-7,11,13,17,21H,8-10,12H2,1H3. The minimum absolute atomic E-state index is 0.0442. The third-order valence-corrected chi connectivity index (χ3v) is 5.35. The molecule has 2 aliphatic heterocycles. The minimum atomic E-state index is -0.0719. The molecule has 0 saturated carbocycles. The zero-order chi connectivity index (χ0) is 18.3. The SMILES string of the molecule is CC1CC2CN(C(=O)c3ccc(C(=O)c4cc[nH]c4)cc3)CCN2C1=O. The fourth-order valence-electron chi connectivity index (χ4n) is 3.90. The topological polar surface area (TPSA) is 73.5 Å². The monoisotopic (exact) mass is 351 g/mol. The van der Waals surface area contributed by atoms with Crippen LogP contribution in [0.15, 0.2) is 42.7 Å². The summed E-state index contributed by atoms with van der Waals surface area (Å²) in [6.45, 7) is 3.69. The van der Waals surface area contributed by atoms with Gasteiger partial charge in [-0.15, -0.1) is 0 Å². The molecule has 2 amide bonds. The normalized spacial score (nSPS) is 22.4. The molecule has 0 aliphatic carbocycles. The number of hydrogen-bond donors (Lipinski definition) is 1. The Labute approximate surface area is 151 Å². The molecular formula is C20H21N3O3. The summed E-state index contributed by atoms with van der Waals surface area (Å²) in [5, 5.41) is 0. The maximum Gasteiger partial charge on any atom is 0.253 e. The number of aromatic amines is 1. The van der Waals surface area contributed by atoms with Crippen LogP contribution < -0.4 is 0 Å². The molecule has 1 aromatic carbocycles. The van der Waals surface area contributed by atoms with E-state index in [0.29, 0.717) is 36.3 Å². The summed E-state index contributed by atoms with van der Waals surface area (Å²) in [5.41, 5.74) is 1.72. The number of piperazine rings is 1. The summed E-state index contributed by atoms with van der Waals surface area (Å²) < 4.78 is 0. The molecule has 4 rings (SSSR count). The molecule has 0 bridgehead atoms. The molecular weight excluding hydrogens is 330 g/mol. The van der Waals surface area contributed by atoms with Gasteiger partial charge >= 0.3 is 0 Å². The molecule has 2 aromatic rings. The smallest absolute Gasteiger partial charge is 0.253 e. The fraction of sp³-hybridized carbons (Fsp3) is 0.350. The molecule has 3 heterocycles. The van der Waals surface area contributed by atoms with Crippen molar-refractivity contribution in [2.24, 2.45) is 5.92 Å². The van der Waals surface area contributed by atoms with Crippen molar-refractivity contribution in [1.29, 1.82) is 0 Å². The second-order valence-electron chi connectivity index (χ2n) is 7.08. The number of benzene rings is 1. The molecule has 2 fully saturated rings. The van der Waals surface area contributed by atoms with Crippen LogP contribution in [0, 0.1) is 5.92 Å². The van der Waals surface area contributed by atoms with Gasteiger partial charge in [-0.1, -0.05) is 19.1 Å². The number of hydrogen-bond acceptors (Lipinski definition) is 3. The summed E-state index contributed by atoms with van der Waals surface area (Å²) >= 11 is 0. The number of rotatable bonds is 3. The molecule has 0 spiro atoms. The Morgan fingerprint density at radius 1 is 1.04 bits per heavy atom. The molecule has 6 nitrogen and oxygen atoms in total. The van der Waals surface area contributed by atoms with Crippen molar-refractivity contribution < 1.29 is 14.4 Å². The number of carbonyl (C=O) groups excluding carboxylic acids is 3. The van der Waals surface area contributed by atoms with E-state index in [9.17, 15) is 14.4 Å². The van der Waals surface area contributed by atoms with Crippen LogP contribution in [-0.2, 0) is 4.79 Å². The lowest BCUT2D eigenvalue weighted by molar-refractivity contribution is -0.132. The van der Waals surface area contributed by atoms with Crippen molar-refractivity contribution in [2.75, 3.05) is 19.6 Å². The first kappa shape index (κ1) is 16.6. The third-order valence-electron chi connectivity index (χ3n) is 5.35. The lowest BCUT2D eigenvalue weighted by Crippen LogP contribution is -2.53. The van der Waals surface area contributed by atoms with Crippen molar-refractivity contribution in [2.45, 2.75) is 19.4 Å². The molecule has 6 heteroatoms. The van der Waals surface area contributed by atoms with Crippen LogP contribution in [0.1, 0.15) is 39.6 Å². The predicted octanol–water partition coefficient (Wildman–Crippen LogP) is 1.94. The number of H-pyrrole nitrogens is 1. The first-order valence-corrected chi connectivity index (χ1v) is 8.92. The van der Waals surface area contributed by atoms with Crippen molar-refractivity contribution in [3.05, 3.63) is 59.4 Å². The number of ketones is 1. The summed E-state index contributed by atoms with van der Waals surface area (Å²) in [4.78, 5) is 43.8. The molecule has 2 atom stereocenters. The molecule has 0 radical (unpaired) electrons. The first-order chi connectivity index (χ1) is 12.5. The van der Waals surface area contributed by atoms with Gasteiger partial charge in [-0.05, 0) is 24.6 Å². The van der Waals surface area contributed by atoms with Crippen molar-refractivity contribution in [3.63, 3.8) is 0 Å². The molecule has 1 N–H and O–H groups in total. The number of fused-ring (bicyclic) bond motifs is 1. The number of nitrogens with one attached hydrogen (secondary N) is 1. The lowest BCUT2D eigenvalue weighted by atomic mass is 10.0. The fourth-order valence-corrected chi connectivity index (χ4v) is 3.90. The van der Waals surface area contributed by atoms with E-state index in [-0.39, 0.29) is 29.6 Å². The van der Waals surface area contributed by atoms with Gasteiger partial charge < -0.3 is 14.8 Å². The van der Waals surface area contributed by atoms with Gasteiger partial charge in [-0.3, -0.25) is 14.4 Å². The zero-order valence-electron chi connectivity index (χ0n) is 14.6. The maximum absolute atomic E-state index is 12.8. The van der Waals surface area contributed by atoms with E-state index in [1.54, 1.807) is 42.7 Å². The molecule has 26 heavy (non-hydrogen) atoms. The van der Waals surface area contributed by atoms with Crippen LogP contribution >= 0.6 is 0 Å². The van der Waals surface area contributed by atoms with E-state index in [4.69, 9.17) is 0 Å². The van der Waals surface area contributed by atoms with Crippen LogP contribution in [0.2, 0.25) is 0 Å². The van der Waals surface area contributed by atoms with Crippen molar-refractivity contribution >= 4 is 17.6 Å². The highest BCUT2D eigenvalue weighted by Gasteiger charge is 2.41. The maximum atomic E-state index is 12.8. The van der Waals surface area contributed by atoms with Gasteiger partial charge in [0.15, 0.2) is 5.78 Å². The predicted molar refractivity (Wildman–Crippen MR) is 95.9 cm³/mol. The van der Waals surface area contributed by atoms with Gasteiger partial charge in [0.05, 0.1) is 6.04 Å². The Kier molecular flexibility index (Phi) is 4.11. The number of aromatic nitrogens is 1. The quantitative estimate of drug-likeness (QED) is 0.859. The highest BCUT2D eigenvalue weighted by molar-refractivity contribution is 6.09. The first-order valence-electron chi connectivity index (χ1n) is 8.92. The molecule has 2 aliphatic rings. The summed E-state index contributed by atoms with van der Waals surface area (Å²) in [6.07, 6.45) is 4.18. The summed E-state index contributed by atoms with van der Waals surface area (Å²) in [5.74, 6) is 0.137. The van der Waals surface area contributed by atoms with Crippen LogP contribution in [0.3, 0.4) is 0 Å². The summed E-state index contributed by atoms with van der Waals surface area (Å²) in [6, 6.07) is 8.66. The molecule has 134 valence electrons. The Morgan fingerprint density at radius 2 is 1.77 bits per heavy atom. The van der Waals surface area contributed by atoms with E-state index >= 15 is 0 Å². The van der Waals surface area contributed by atoms with Crippen LogP contribution in [0.25, 0.3) is 0 Å². The Morgan fingerprint density at radius 3 is 2.46 bits per heavy atom. The average molecular weight is 351 g/mol. The number of carbonyl (C=O) groups is 3. The van der Waals surface area contributed by atoms with Gasteiger partial charge in [0, 0.05) is 54.6 Å². The van der Waals surface area contributed by atoms with Gasteiger partial charge in [0.1, 0.15) is 0 Å². The summed E-state index contributed by atoms with van der Waals surface area (Å²) in [7, 11) is 0. The Hall–Kier alpha value is -2.89.